The molecule has 1 unspecified atom stereocenters. The normalized spacial score (nSPS) is 18.1. The summed E-state index contributed by atoms with van der Waals surface area (Å²) < 4.78 is 2.23. The van der Waals surface area contributed by atoms with Crippen molar-refractivity contribution < 1.29 is 5.11 Å². The zero-order valence-electron chi connectivity index (χ0n) is 15.0. The Morgan fingerprint density at radius 3 is 2.85 bits per heavy atom. The van der Waals surface area contributed by atoms with Gasteiger partial charge in [0.1, 0.15) is 11.4 Å². The smallest absolute Gasteiger partial charge is 0.163 e. The van der Waals surface area contributed by atoms with E-state index < -0.39 is 0 Å². The van der Waals surface area contributed by atoms with E-state index in [1.165, 1.54) is 12.5 Å². The first-order chi connectivity index (χ1) is 12.6. The van der Waals surface area contributed by atoms with Gasteiger partial charge >= 0.3 is 0 Å². The van der Waals surface area contributed by atoms with Gasteiger partial charge in [-0.1, -0.05) is 0 Å². The van der Waals surface area contributed by atoms with Crippen molar-refractivity contribution >= 4 is 11.0 Å². The number of piperidine rings is 1. The van der Waals surface area contributed by atoms with Crippen molar-refractivity contribution in [3.63, 3.8) is 0 Å². The van der Waals surface area contributed by atoms with Crippen molar-refractivity contribution in [2.24, 2.45) is 0 Å². The minimum Gasteiger partial charge on any atom is -0.507 e. The van der Waals surface area contributed by atoms with Gasteiger partial charge in [0, 0.05) is 29.7 Å². The van der Waals surface area contributed by atoms with Crippen LogP contribution in [-0.4, -0.2) is 44.9 Å². The SMILES string of the molecule is Cc1c(-c2ccc(C#N)cc2O)nnc2c1ccn2C1CCCN(C)C1. The highest BCUT2D eigenvalue weighted by molar-refractivity contribution is 5.86. The molecule has 0 bridgehead atoms. The number of phenolic OH excluding ortho intramolecular Hbond substituents is 1. The lowest BCUT2D eigenvalue weighted by molar-refractivity contribution is 0.214. The first-order valence-corrected chi connectivity index (χ1v) is 8.84. The summed E-state index contributed by atoms with van der Waals surface area (Å²) in [6.07, 6.45) is 4.43. The largest absolute Gasteiger partial charge is 0.507 e. The van der Waals surface area contributed by atoms with E-state index in [4.69, 9.17) is 5.26 Å². The van der Waals surface area contributed by atoms with Crippen LogP contribution in [0.25, 0.3) is 22.3 Å². The molecular weight excluding hydrogens is 326 g/mol. The van der Waals surface area contributed by atoms with Crippen molar-refractivity contribution in [1.29, 1.82) is 5.26 Å². The fourth-order valence-corrected chi connectivity index (χ4v) is 3.86. The van der Waals surface area contributed by atoms with Crippen LogP contribution in [0, 0.1) is 18.3 Å². The summed E-state index contributed by atoms with van der Waals surface area (Å²) in [4.78, 5) is 2.35. The number of aryl methyl sites for hydroxylation is 1. The molecule has 132 valence electrons. The van der Waals surface area contributed by atoms with Crippen LogP contribution in [0.4, 0.5) is 0 Å². The van der Waals surface area contributed by atoms with Gasteiger partial charge in [0.05, 0.1) is 11.6 Å². The number of benzene rings is 1. The predicted molar refractivity (Wildman–Crippen MR) is 99.8 cm³/mol. The van der Waals surface area contributed by atoms with Gasteiger partial charge < -0.3 is 14.6 Å². The molecule has 1 N–H and O–H groups in total. The van der Waals surface area contributed by atoms with Crippen LogP contribution >= 0.6 is 0 Å². The molecule has 26 heavy (non-hydrogen) atoms. The molecule has 0 spiro atoms. The van der Waals surface area contributed by atoms with E-state index in [2.05, 4.69) is 39.0 Å². The second kappa shape index (κ2) is 6.43. The van der Waals surface area contributed by atoms with E-state index in [9.17, 15) is 5.11 Å². The van der Waals surface area contributed by atoms with Crippen LogP contribution in [0.15, 0.2) is 30.5 Å². The summed E-state index contributed by atoms with van der Waals surface area (Å²) in [6, 6.07) is 9.40. The van der Waals surface area contributed by atoms with Crippen LogP contribution in [-0.2, 0) is 0 Å². The Morgan fingerprint density at radius 2 is 2.12 bits per heavy atom. The molecule has 4 rings (SSSR count). The first-order valence-electron chi connectivity index (χ1n) is 8.84. The number of aromatic nitrogens is 3. The number of phenols is 1. The Morgan fingerprint density at radius 1 is 1.27 bits per heavy atom. The van der Waals surface area contributed by atoms with Crippen LogP contribution < -0.4 is 0 Å². The molecule has 1 aliphatic heterocycles. The van der Waals surface area contributed by atoms with Gasteiger partial charge in [-0.25, -0.2) is 0 Å². The highest BCUT2D eigenvalue weighted by Crippen LogP contribution is 2.34. The highest BCUT2D eigenvalue weighted by Gasteiger charge is 2.22. The molecule has 0 radical (unpaired) electrons. The van der Waals surface area contributed by atoms with Crippen LogP contribution in [0.1, 0.15) is 30.0 Å². The molecule has 0 aliphatic carbocycles. The molecule has 0 amide bonds. The number of hydrogen-bond acceptors (Lipinski definition) is 5. The number of rotatable bonds is 2. The van der Waals surface area contributed by atoms with Gasteiger partial charge in [0.2, 0.25) is 0 Å². The number of nitriles is 1. The maximum Gasteiger partial charge on any atom is 0.163 e. The van der Waals surface area contributed by atoms with Gasteiger partial charge in [-0.3, -0.25) is 0 Å². The van der Waals surface area contributed by atoms with E-state index in [1.54, 1.807) is 12.1 Å². The Balaban J connectivity index is 1.78. The zero-order valence-corrected chi connectivity index (χ0v) is 15.0. The molecule has 3 heterocycles. The molecule has 6 heteroatoms. The fraction of sp³-hybridized carbons (Fsp3) is 0.350. The van der Waals surface area contributed by atoms with E-state index in [1.807, 2.05) is 13.0 Å². The lowest BCUT2D eigenvalue weighted by Crippen LogP contribution is -2.33. The second-order valence-electron chi connectivity index (χ2n) is 7.04. The molecule has 1 saturated heterocycles. The third-order valence-electron chi connectivity index (χ3n) is 5.27. The zero-order chi connectivity index (χ0) is 18.3. The predicted octanol–water partition coefficient (Wildman–Crippen LogP) is 3.25. The van der Waals surface area contributed by atoms with Crippen LogP contribution in [0.2, 0.25) is 0 Å². The summed E-state index contributed by atoms with van der Waals surface area (Å²) in [6.45, 7) is 4.16. The number of aromatic hydroxyl groups is 1. The summed E-state index contributed by atoms with van der Waals surface area (Å²) in [5, 5.41) is 29.2. The maximum atomic E-state index is 10.3. The Bertz CT molecular complexity index is 1020. The van der Waals surface area contributed by atoms with Crippen molar-refractivity contribution in [3.8, 4) is 23.1 Å². The number of hydrogen-bond donors (Lipinski definition) is 1. The van der Waals surface area contributed by atoms with Crippen molar-refractivity contribution in [1.82, 2.24) is 19.7 Å². The highest BCUT2D eigenvalue weighted by atomic mass is 16.3. The van der Waals surface area contributed by atoms with Crippen LogP contribution in [0.5, 0.6) is 5.75 Å². The minimum absolute atomic E-state index is 0.0501. The Kier molecular flexibility index (Phi) is 4.09. The number of nitrogens with zero attached hydrogens (tertiary/aromatic N) is 5. The summed E-state index contributed by atoms with van der Waals surface area (Å²) in [5.41, 5.74) is 3.54. The minimum atomic E-state index is 0.0501. The van der Waals surface area contributed by atoms with E-state index >= 15 is 0 Å². The number of fused-ring (bicyclic) bond motifs is 1. The Hall–Kier alpha value is -2.91. The average molecular weight is 347 g/mol. The number of likely N-dealkylation sites (N-methyl/N-ethyl adjacent to an activating group) is 1. The van der Waals surface area contributed by atoms with Gasteiger partial charge in [0.15, 0.2) is 5.65 Å². The topological polar surface area (TPSA) is 78.0 Å². The fourth-order valence-electron chi connectivity index (χ4n) is 3.86. The van der Waals surface area contributed by atoms with Crippen LogP contribution in [0.3, 0.4) is 0 Å². The van der Waals surface area contributed by atoms with Crippen molar-refractivity contribution in [2.75, 3.05) is 20.1 Å². The standard InChI is InChI=1S/C20H21N5O/c1-13-16-7-9-25(15-4-3-8-24(2)12-15)20(16)23-22-19(13)17-6-5-14(11-21)10-18(17)26/h5-7,9-10,15,26H,3-4,8,12H2,1-2H3. The van der Waals surface area contributed by atoms with E-state index in [0.717, 1.165) is 36.1 Å². The molecule has 1 fully saturated rings. The molecular formula is C20H21N5O. The van der Waals surface area contributed by atoms with E-state index in [-0.39, 0.29) is 5.75 Å². The van der Waals surface area contributed by atoms with Crippen molar-refractivity contribution in [2.45, 2.75) is 25.8 Å². The molecule has 2 aromatic heterocycles. The first kappa shape index (κ1) is 16.6. The molecule has 1 aromatic carbocycles. The quantitative estimate of drug-likeness (QED) is 0.770. The number of likely N-dealkylation sites (tertiary alicyclic amines) is 1. The second-order valence-corrected chi connectivity index (χ2v) is 7.04. The molecule has 6 nitrogen and oxygen atoms in total. The molecule has 1 aliphatic rings. The van der Waals surface area contributed by atoms with Crippen molar-refractivity contribution in [3.05, 3.63) is 41.6 Å². The van der Waals surface area contributed by atoms with Gasteiger partial charge in [-0.05, 0) is 63.2 Å². The summed E-state index contributed by atoms with van der Waals surface area (Å²) >= 11 is 0. The molecule has 0 saturated carbocycles. The summed E-state index contributed by atoms with van der Waals surface area (Å²) in [5.74, 6) is 0.0501. The van der Waals surface area contributed by atoms with Gasteiger partial charge in [0.25, 0.3) is 0 Å². The van der Waals surface area contributed by atoms with Gasteiger partial charge in [-0.2, -0.15) is 5.26 Å². The molecule has 3 aromatic rings. The average Bonchev–Trinajstić information content (AvgIpc) is 3.07. The lowest BCUT2D eigenvalue weighted by atomic mass is 10.0. The molecule has 1 atom stereocenters. The lowest BCUT2D eigenvalue weighted by Gasteiger charge is -2.30. The van der Waals surface area contributed by atoms with Gasteiger partial charge in [-0.15, -0.1) is 10.2 Å². The third kappa shape index (κ3) is 2.71. The maximum absolute atomic E-state index is 10.3. The Labute approximate surface area is 152 Å². The summed E-state index contributed by atoms with van der Waals surface area (Å²) in [7, 11) is 2.15. The third-order valence-corrected chi connectivity index (χ3v) is 5.27. The monoisotopic (exact) mass is 347 g/mol. The van der Waals surface area contributed by atoms with E-state index in [0.29, 0.717) is 22.9 Å².